The van der Waals surface area contributed by atoms with Crippen molar-refractivity contribution >= 4 is 11.6 Å². The topological polar surface area (TPSA) is 70.6 Å². The summed E-state index contributed by atoms with van der Waals surface area (Å²) in [6.07, 6.45) is 1.00. The van der Waals surface area contributed by atoms with Crippen LogP contribution in [0.25, 0.3) is 0 Å². The van der Waals surface area contributed by atoms with Crippen molar-refractivity contribution in [3.63, 3.8) is 0 Å². The van der Waals surface area contributed by atoms with Crippen LogP contribution in [0, 0.1) is 0 Å². The van der Waals surface area contributed by atoms with Gasteiger partial charge in [-0.15, -0.1) is 0 Å². The smallest absolute Gasteiger partial charge is 0.251 e. The van der Waals surface area contributed by atoms with Crippen LogP contribution in [-0.2, 0) is 11.2 Å². The summed E-state index contributed by atoms with van der Waals surface area (Å²) in [5, 5.41) is 15.1. The first-order valence-corrected chi connectivity index (χ1v) is 6.02. The van der Waals surface area contributed by atoms with Gasteiger partial charge in [0.05, 0.1) is 19.3 Å². The first-order valence-electron chi connectivity index (χ1n) is 6.02. The highest BCUT2D eigenvalue weighted by Gasteiger charge is 2.16. The Morgan fingerprint density at radius 3 is 3.17 bits per heavy atom. The summed E-state index contributed by atoms with van der Waals surface area (Å²) >= 11 is 0. The lowest BCUT2D eigenvalue weighted by Crippen LogP contribution is -2.40. The van der Waals surface area contributed by atoms with Crippen LogP contribution in [-0.4, -0.2) is 43.9 Å². The minimum Gasteiger partial charge on any atom is -0.394 e. The molecule has 0 bridgehead atoms. The van der Waals surface area contributed by atoms with E-state index in [9.17, 15) is 4.79 Å². The molecule has 1 amide bonds. The largest absolute Gasteiger partial charge is 0.394 e. The number of benzene rings is 1. The Bertz CT molecular complexity index is 434. The Morgan fingerprint density at radius 1 is 1.61 bits per heavy atom. The summed E-state index contributed by atoms with van der Waals surface area (Å²) in [5.41, 5.74) is 2.86. The number of amides is 1. The maximum atomic E-state index is 12.0. The summed E-state index contributed by atoms with van der Waals surface area (Å²) in [6, 6.07) is 5.25. The van der Waals surface area contributed by atoms with Gasteiger partial charge in [-0.05, 0) is 24.1 Å². The number of nitrogens with one attached hydrogen (secondary N) is 2. The quantitative estimate of drug-likeness (QED) is 0.707. The second kappa shape index (κ2) is 5.84. The van der Waals surface area contributed by atoms with Crippen LogP contribution in [0.5, 0.6) is 0 Å². The number of carbonyl (C=O) groups is 1. The highest BCUT2D eigenvalue weighted by Crippen LogP contribution is 2.23. The van der Waals surface area contributed by atoms with Crippen molar-refractivity contribution in [2.24, 2.45) is 0 Å². The number of methoxy groups -OCH3 is 1. The highest BCUT2D eigenvalue weighted by molar-refractivity contribution is 5.95. The van der Waals surface area contributed by atoms with Gasteiger partial charge in [0.1, 0.15) is 0 Å². The Labute approximate surface area is 106 Å². The summed E-state index contributed by atoms with van der Waals surface area (Å²) in [4.78, 5) is 12.0. The van der Waals surface area contributed by atoms with Crippen molar-refractivity contribution in [1.82, 2.24) is 5.32 Å². The van der Waals surface area contributed by atoms with E-state index < -0.39 is 0 Å². The summed E-state index contributed by atoms with van der Waals surface area (Å²) in [7, 11) is 1.54. The Morgan fingerprint density at radius 2 is 2.44 bits per heavy atom. The number of carbonyl (C=O) groups excluding carboxylic acids is 1. The van der Waals surface area contributed by atoms with E-state index in [0.717, 1.165) is 18.7 Å². The lowest BCUT2D eigenvalue weighted by Gasteiger charge is -2.15. The van der Waals surface area contributed by atoms with Gasteiger partial charge in [0.2, 0.25) is 0 Å². The molecule has 1 unspecified atom stereocenters. The molecule has 5 heteroatoms. The molecule has 1 atom stereocenters. The van der Waals surface area contributed by atoms with Crippen LogP contribution in [0.3, 0.4) is 0 Å². The van der Waals surface area contributed by atoms with Crippen molar-refractivity contribution in [2.75, 3.05) is 32.2 Å². The fourth-order valence-electron chi connectivity index (χ4n) is 2.04. The SMILES string of the molecule is COCC(CO)NC(=O)c1ccc2c(c1)NCC2. The van der Waals surface area contributed by atoms with Crippen LogP contribution in [0.4, 0.5) is 5.69 Å². The standard InChI is InChI=1S/C13H18N2O3/c1-18-8-11(7-16)15-13(17)10-3-2-9-4-5-14-12(9)6-10/h2-3,6,11,14,16H,4-5,7-8H2,1H3,(H,15,17). The first kappa shape index (κ1) is 12.9. The lowest BCUT2D eigenvalue weighted by molar-refractivity contribution is 0.0840. The third-order valence-corrected chi connectivity index (χ3v) is 3.01. The number of rotatable bonds is 5. The Hall–Kier alpha value is -1.59. The van der Waals surface area contributed by atoms with Gasteiger partial charge in [0.15, 0.2) is 0 Å². The Balaban J connectivity index is 2.04. The third kappa shape index (κ3) is 2.80. The van der Waals surface area contributed by atoms with E-state index in [1.165, 1.54) is 12.7 Å². The van der Waals surface area contributed by atoms with Gasteiger partial charge in [-0.25, -0.2) is 0 Å². The van der Waals surface area contributed by atoms with Crippen molar-refractivity contribution < 1.29 is 14.6 Å². The van der Waals surface area contributed by atoms with Crippen molar-refractivity contribution in [3.8, 4) is 0 Å². The number of aliphatic hydroxyl groups excluding tert-OH is 1. The zero-order chi connectivity index (χ0) is 13.0. The average Bonchev–Trinajstić information content (AvgIpc) is 2.85. The number of fused-ring (bicyclic) bond motifs is 1. The molecule has 0 aliphatic carbocycles. The van der Waals surface area contributed by atoms with Crippen molar-refractivity contribution in [3.05, 3.63) is 29.3 Å². The van der Waals surface area contributed by atoms with Crippen LogP contribution in [0.15, 0.2) is 18.2 Å². The fourth-order valence-corrected chi connectivity index (χ4v) is 2.04. The Kier molecular flexibility index (Phi) is 4.17. The summed E-state index contributed by atoms with van der Waals surface area (Å²) < 4.78 is 4.92. The molecule has 3 N–H and O–H groups in total. The zero-order valence-corrected chi connectivity index (χ0v) is 10.4. The minimum absolute atomic E-state index is 0.136. The van der Waals surface area contributed by atoms with Crippen molar-refractivity contribution in [1.29, 1.82) is 0 Å². The fraction of sp³-hybridized carbons (Fsp3) is 0.462. The van der Waals surface area contributed by atoms with Gasteiger partial charge in [-0.2, -0.15) is 0 Å². The molecule has 0 saturated carbocycles. The summed E-state index contributed by atoms with van der Waals surface area (Å²) in [6.45, 7) is 1.08. The molecule has 1 heterocycles. The maximum Gasteiger partial charge on any atom is 0.251 e. The van der Waals surface area contributed by atoms with E-state index in [2.05, 4.69) is 10.6 Å². The van der Waals surface area contributed by atoms with Gasteiger partial charge in [-0.3, -0.25) is 4.79 Å². The second-order valence-corrected chi connectivity index (χ2v) is 4.36. The summed E-state index contributed by atoms with van der Waals surface area (Å²) in [5.74, 6) is -0.192. The monoisotopic (exact) mass is 250 g/mol. The second-order valence-electron chi connectivity index (χ2n) is 4.36. The van der Waals surface area contributed by atoms with Gasteiger partial charge < -0.3 is 20.5 Å². The molecule has 18 heavy (non-hydrogen) atoms. The molecule has 2 rings (SSSR count). The molecule has 1 aliphatic heterocycles. The van der Waals surface area contributed by atoms with E-state index in [1.807, 2.05) is 18.2 Å². The van der Waals surface area contributed by atoms with E-state index in [4.69, 9.17) is 9.84 Å². The van der Waals surface area contributed by atoms with Crippen LogP contribution in [0.1, 0.15) is 15.9 Å². The third-order valence-electron chi connectivity index (χ3n) is 3.01. The molecule has 1 aromatic rings. The molecule has 0 spiro atoms. The molecule has 0 saturated heterocycles. The van der Waals surface area contributed by atoms with Gasteiger partial charge in [0.25, 0.3) is 5.91 Å². The molecular formula is C13H18N2O3. The molecule has 1 aliphatic rings. The number of aliphatic hydroxyl groups is 1. The normalized spacial score (nSPS) is 14.8. The van der Waals surface area contributed by atoms with Crippen molar-refractivity contribution in [2.45, 2.75) is 12.5 Å². The molecule has 5 nitrogen and oxygen atoms in total. The van der Waals surface area contributed by atoms with Gasteiger partial charge >= 0.3 is 0 Å². The number of hydrogen-bond acceptors (Lipinski definition) is 4. The molecule has 0 aromatic heterocycles. The molecule has 0 radical (unpaired) electrons. The molecule has 1 aromatic carbocycles. The molecule has 98 valence electrons. The van der Waals surface area contributed by atoms with E-state index in [1.54, 1.807) is 0 Å². The zero-order valence-electron chi connectivity index (χ0n) is 10.4. The van der Waals surface area contributed by atoms with Crippen LogP contribution >= 0.6 is 0 Å². The molecular weight excluding hydrogens is 232 g/mol. The van der Waals surface area contributed by atoms with E-state index in [0.29, 0.717) is 12.2 Å². The maximum absolute atomic E-state index is 12.0. The van der Waals surface area contributed by atoms with Crippen LogP contribution in [0.2, 0.25) is 0 Å². The van der Waals surface area contributed by atoms with Crippen LogP contribution < -0.4 is 10.6 Å². The van der Waals surface area contributed by atoms with E-state index >= 15 is 0 Å². The predicted octanol–water partition coefficient (Wildman–Crippen LogP) is 0.392. The van der Waals surface area contributed by atoms with E-state index in [-0.39, 0.29) is 18.6 Å². The minimum atomic E-state index is -0.372. The highest BCUT2D eigenvalue weighted by atomic mass is 16.5. The predicted molar refractivity (Wildman–Crippen MR) is 68.9 cm³/mol. The average molecular weight is 250 g/mol. The number of anilines is 1. The number of ether oxygens (including phenoxy) is 1. The molecule has 0 fully saturated rings. The van der Waals surface area contributed by atoms with Gasteiger partial charge in [0, 0.05) is 24.9 Å². The lowest BCUT2D eigenvalue weighted by atomic mass is 10.1. The first-order chi connectivity index (χ1) is 8.74. The van der Waals surface area contributed by atoms with Gasteiger partial charge in [-0.1, -0.05) is 6.07 Å². The number of hydrogen-bond donors (Lipinski definition) is 3.